The lowest BCUT2D eigenvalue weighted by atomic mass is 10.1. The maximum absolute atomic E-state index is 4.60. The Bertz CT molecular complexity index is 831. The highest BCUT2D eigenvalue weighted by Crippen LogP contribution is 2.21. The predicted molar refractivity (Wildman–Crippen MR) is 95.8 cm³/mol. The van der Waals surface area contributed by atoms with Gasteiger partial charge in [0.05, 0.1) is 11.9 Å². The molecule has 2 aromatic heterocycles. The molecule has 1 atom stereocenters. The lowest BCUT2D eigenvalue weighted by Crippen LogP contribution is -2.21. The summed E-state index contributed by atoms with van der Waals surface area (Å²) in [6.07, 6.45) is 4.33. The van der Waals surface area contributed by atoms with Crippen LogP contribution in [0, 0.1) is 13.8 Å². The van der Waals surface area contributed by atoms with Crippen LogP contribution in [0.2, 0.25) is 0 Å². The van der Waals surface area contributed by atoms with Crippen molar-refractivity contribution in [1.29, 1.82) is 0 Å². The molecule has 0 unspecified atom stereocenters. The summed E-state index contributed by atoms with van der Waals surface area (Å²) < 4.78 is 0. The van der Waals surface area contributed by atoms with Crippen LogP contribution in [-0.2, 0) is 6.42 Å². The third kappa shape index (κ3) is 3.74. The van der Waals surface area contributed by atoms with Crippen molar-refractivity contribution in [2.24, 2.45) is 0 Å². The maximum atomic E-state index is 4.60. The molecule has 3 aromatic rings. The van der Waals surface area contributed by atoms with Gasteiger partial charge in [-0.1, -0.05) is 30.3 Å². The molecule has 0 aliphatic heterocycles. The summed E-state index contributed by atoms with van der Waals surface area (Å²) in [5.41, 5.74) is 5.34. The summed E-state index contributed by atoms with van der Waals surface area (Å²) in [5.74, 6) is 0.539. The van der Waals surface area contributed by atoms with E-state index in [1.54, 1.807) is 6.20 Å². The number of anilines is 1. The Kier molecular flexibility index (Phi) is 4.79. The second-order valence-corrected chi connectivity index (χ2v) is 6.00. The highest BCUT2D eigenvalue weighted by molar-refractivity contribution is 5.63. The number of aromatic nitrogens is 4. The van der Waals surface area contributed by atoms with Crippen LogP contribution in [0.25, 0.3) is 11.3 Å². The van der Waals surface area contributed by atoms with E-state index in [0.29, 0.717) is 5.95 Å². The van der Waals surface area contributed by atoms with Crippen molar-refractivity contribution in [3.05, 3.63) is 65.6 Å². The lowest BCUT2D eigenvalue weighted by molar-refractivity contribution is 0.748. The Morgan fingerprint density at radius 1 is 1.04 bits per heavy atom. The first kappa shape index (κ1) is 16.1. The lowest BCUT2D eigenvalue weighted by Gasteiger charge is -2.14. The molecule has 3 rings (SSSR count). The van der Waals surface area contributed by atoms with Crippen molar-refractivity contribution < 1.29 is 0 Å². The number of rotatable bonds is 5. The van der Waals surface area contributed by atoms with Gasteiger partial charge in [0, 0.05) is 29.9 Å². The van der Waals surface area contributed by atoms with Crippen LogP contribution in [-0.4, -0.2) is 26.2 Å². The fraction of sp³-hybridized carbons (Fsp3) is 0.263. The van der Waals surface area contributed by atoms with Gasteiger partial charge in [-0.05, 0) is 38.0 Å². The minimum Gasteiger partial charge on any atom is -0.350 e. The van der Waals surface area contributed by atoms with E-state index in [9.17, 15) is 0 Å². The average molecular weight is 319 g/mol. The van der Waals surface area contributed by atoms with E-state index in [1.165, 1.54) is 11.1 Å². The summed E-state index contributed by atoms with van der Waals surface area (Å²) in [5, 5.41) is 11.5. The van der Waals surface area contributed by atoms with Crippen molar-refractivity contribution >= 4 is 5.95 Å². The normalized spacial score (nSPS) is 12.0. The molecule has 2 heterocycles. The van der Waals surface area contributed by atoms with Gasteiger partial charge in [0.2, 0.25) is 5.95 Å². The Morgan fingerprint density at radius 3 is 2.62 bits per heavy atom. The van der Waals surface area contributed by atoms with Gasteiger partial charge in [-0.15, -0.1) is 5.10 Å². The monoisotopic (exact) mass is 319 g/mol. The van der Waals surface area contributed by atoms with Crippen LogP contribution in [0.3, 0.4) is 0 Å². The predicted octanol–water partition coefficient (Wildman–Crippen LogP) is 3.59. The fourth-order valence-corrected chi connectivity index (χ4v) is 2.65. The molecule has 0 aliphatic carbocycles. The topological polar surface area (TPSA) is 63.6 Å². The molecule has 5 nitrogen and oxygen atoms in total. The molecular weight excluding hydrogens is 298 g/mol. The number of hydrogen-bond acceptors (Lipinski definition) is 5. The number of nitrogens with zero attached hydrogens (tertiary/aromatic N) is 4. The maximum Gasteiger partial charge on any atom is 0.243 e. The molecule has 0 saturated carbocycles. The van der Waals surface area contributed by atoms with Crippen molar-refractivity contribution in [3.8, 4) is 11.3 Å². The first-order valence-corrected chi connectivity index (χ1v) is 8.06. The molecule has 0 bridgehead atoms. The highest BCUT2D eigenvalue weighted by Gasteiger charge is 2.10. The van der Waals surface area contributed by atoms with Crippen molar-refractivity contribution in [2.75, 3.05) is 5.32 Å². The van der Waals surface area contributed by atoms with Gasteiger partial charge in [-0.2, -0.15) is 5.10 Å². The molecule has 0 spiro atoms. The highest BCUT2D eigenvalue weighted by atomic mass is 15.2. The quantitative estimate of drug-likeness (QED) is 0.778. The number of pyridine rings is 1. The minimum atomic E-state index is 0.160. The van der Waals surface area contributed by atoms with E-state index in [1.807, 2.05) is 30.5 Å². The van der Waals surface area contributed by atoms with E-state index in [4.69, 9.17) is 0 Å². The molecule has 0 aliphatic rings. The first-order chi connectivity index (χ1) is 11.6. The Hall–Kier alpha value is -2.82. The standard InChI is InChI=1S/C19H21N5/c1-13-7-4-5-9-16(13)18-12-21-24-19(23-18)22-15(3)11-17-14(2)8-6-10-20-17/h4-10,12,15H,11H2,1-3H3,(H,22,23,24)/t15-/m1/s1. The fourth-order valence-electron chi connectivity index (χ4n) is 2.65. The largest absolute Gasteiger partial charge is 0.350 e. The van der Waals surface area contributed by atoms with Crippen molar-refractivity contribution in [2.45, 2.75) is 33.2 Å². The molecule has 24 heavy (non-hydrogen) atoms. The zero-order valence-corrected chi connectivity index (χ0v) is 14.2. The average Bonchev–Trinajstić information content (AvgIpc) is 2.57. The first-order valence-electron chi connectivity index (χ1n) is 8.06. The molecule has 0 saturated heterocycles. The zero-order chi connectivity index (χ0) is 16.9. The van der Waals surface area contributed by atoms with Gasteiger partial charge in [-0.3, -0.25) is 4.98 Å². The molecular formula is C19H21N5. The van der Waals surface area contributed by atoms with Crippen LogP contribution >= 0.6 is 0 Å². The number of nitrogens with one attached hydrogen (secondary N) is 1. The number of aryl methyl sites for hydroxylation is 2. The Balaban J connectivity index is 1.75. The molecule has 5 heteroatoms. The van der Waals surface area contributed by atoms with E-state index in [-0.39, 0.29) is 6.04 Å². The van der Waals surface area contributed by atoms with Crippen LogP contribution in [0.1, 0.15) is 23.7 Å². The van der Waals surface area contributed by atoms with Gasteiger partial charge < -0.3 is 5.32 Å². The Labute approximate surface area is 142 Å². The summed E-state index contributed by atoms with van der Waals surface area (Å²) in [6.45, 7) is 6.24. The van der Waals surface area contributed by atoms with Gasteiger partial charge in [-0.25, -0.2) is 4.98 Å². The van der Waals surface area contributed by atoms with Crippen LogP contribution in [0.4, 0.5) is 5.95 Å². The van der Waals surface area contributed by atoms with Gasteiger partial charge in [0.15, 0.2) is 0 Å². The number of hydrogen-bond donors (Lipinski definition) is 1. The third-order valence-corrected chi connectivity index (χ3v) is 3.97. The SMILES string of the molecule is Cc1ccccc1-c1cnnc(N[C@H](C)Cc2ncccc2C)n1. The molecule has 0 amide bonds. The van der Waals surface area contributed by atoms with E-state index in [0.717, 1.165) is 23.4 Å². The summed E-state index contributed by atoms with van der Waals surface area (Å²) in [4.78, 5) is 9.04. The smallest absolute Gasteiger partial charge is 0.243 e. The van der Waals surface area contributed by atoms with E-state index >= 15 is 0 Å². The molecule has 0 fully saturated rings. The van der Waals surface area contributed by atoms with Crippen molar-refractivity contribution in [1.82, 2.24) is 20.2 Å². The minimum absolute atomic E-state index is 0.160. The summed E-state index contributed by atoms with van der Waals surface area (Å²) >= 11 is 0. The molecule has 1 N–H and O–H groups in total. The molecule has 122 valence electrons. The summed E-state index contributed by atoms with van der Waals surface area (Å²) in [7, 11) is 0. The van der Waals surface area contributed by atoms with Gasteiger partial charge in [0.25, 0.3) is 0 Å². The molecule has 1 aromatic carbocycles. The van der Waals surface area contributed by atoms with Crippen molar-refractivity contribution in [3.63, 3.8) is 0 Å². The molecule has 0 radical (unpaired) electrons. The number of benzene rings is 1. The van der Waals surface area contributed by atoms with Crippen LogP contribution in [0.5, 0.6) is 0 Å². The summed E-state index contributed by atoms with van der Waals surface area (Å²) in [6, 6.07) is 12.3. The second kappa shape index (κ2) is 7.17. The van der Waals surface area contributed by atoms with E-state index < -0.39 is 0 Å². The van der Waals surface area contributed by atoms with Gasteiger partial charge in [0.1, 0.15) is 0 Å². The zero-order valence-electron chi connectivity index (χ0n) is 14.2. The van der Waals surface area contributed by atoms with Crippen LogP contribution in [0.15, 0.2) is 48.8 Å². The Morgan fingerprint density at radius 2 is 1.83 bits per heavy atom. The van der Waals surface area contributed by atoms with Crippen LogP contribution < -0.4 is 5.32 Å². The third-order valence-electron chi connectivity index (χ3n) is 3.97. The second-order valence-electron chi connectivity index (χ2n) is 6.00. The van der Waals surface area contributed by atoms with Gasteiger partial charge >= 0.3 is 0 Å². The van der Waals surface area contributed by atoms with E-state index in [2.05, 4.69) is 58.4 Å².